The summed E-state index contributed by atoms with van der Waals surface area (Å²) in [6, 6.07) is -0.0926. The molecule has 4 heteroatoms. The third-order valence-corrected chi connectivity index (χ3v) is 2.12. The topological polar surface area (TPSA) is 59.1 Å². The highest BCUT2D eigenvalue weighted by molar-refractivity contribution is 7.09. The minimum atomic E-state index is -0.0926. The van der Waals surface area contributed by atoms with Crippen LogP contribution in [0.5, 0.6) is 0 Å². The van der Waals surface area contributed by atoms with Crippen LogP contribution in [0.1, 0.15) is 17.5 Å². The summed E-state index contributed by atoms with van der Waals surface area (Å²) < 4.78 is 0. The van der Waals surface area contributed by atoms with Crippen LogP contribution in [0.2, 0.25) is 0 Å². The highest BCUT2D eigenvalue weighted by Crippen LogP contribution is 2.15. The van der Waals surface area contributed by atoms with Crippen LogP contribution in [-0.2, 0) is 0 Å². The Morgan fingerprint density at radius 2 is 2.60 bits per heavy atom. The van der Waals surface area contributed by atoms with E-state index in [0.29, 0.717) is 6.42 Å². The van der Waals surface area contributed by atoms with E-state index in [2.05, 4.69) is 4.98 Å². The molecule has 0 fully saturated rings. The maximum absolute atomic E-state index is 8.53. The summed E-state index contributed by atoms with van der Waals surface area (Å²) in [5.41, 5.74) is 5.64. The molecule has 0 aliphatic rings. The minimum Gasteiger partial charge on any atom is -0.396 e. The number of thiazole rings is 1. The summed E-state index contributed by atoms with van der Waals surface area (Å²) in [6.07, 6.45) is 2.31. The van der Waals surface area contributed by atoms with Gasteiger partial charge in [-0.25, -0.2) is 4.98 Å². The average Bonchev–Trinajstić information content (AvgIpc) is 2.38. The number of nitrogens with two attached hydrogens (primary N) is 1. The van der Waals surface area contributed by atoms with Gasteiger partial charge in [-0.1, -0.05) is 0 Å². The van der Waals surface area contributed by atoms with Gasteiger partial charge in [0.15, 0.2) is 0 Å². The zero-order chi connectivity index (χ0) is 7.40. The quantitative estimate of drug-likeness (QED) is 0.674. The molecular formula is C6H10N2OS. The number of aromatic nitrogens is 1. The van der Waals surface area contributed by atoms with E-state index in [1.54, 1.807) is 6.20 Å². The van der Waals surface area contributed by atoms with Crippen molar-refractivity contribution < 1.29 is 5.11 Å². The fraction of sp³-hybridized carbons (Fsp3) is 0.500. The van der Waals surface area contributed by atoms with Crippen LogP contribution in [0, 0.1) is 0 Å². The average molecular weight is 158 g/mol. The number of nitrogens with zero attached hydrogens (tertiary/aromatic N) is 1. The first kappa shape index (κ1) is 7.65. The van der Waals surface area contributed by atoms with Gasteiger partial charge in [-0.2, -0.15) is 0 Å². The molecule has 0 radical (unpaired) electrons. The summed E-state index contributed by atoms with van der Waals surface area (Å²) in [4.78, 5) is 4.02. The number of hydrogen-bond donors (Lipinski definition) is 2. The Labute approximate surface area is 63.5 Å². The van der Waals surface area contributed by atoms with E-state index in [9.17, 15) is 0 Å². The van der Waals surface area contributed by atoms with Crippen molar-refractivity contribution in [1.29, 1.82) is 0 Å². The van der Waals surface area contributed by atoms with Crippen LogP contribution in [0.4, 0.5) is 0 Å². The van der Waals surface area contributed by atoms with Crippen molar-refractivity contribution in [2.75, 3.05) is 6.61 Å². The number of aliphatic hydroxyl groups excluding tert-OH is 1. The predicted octanol–water partition coefficient (Wildman–Crippen LogP) is 0.525. The van der Waals surface area contributed by atoms with Crippen molar-refractivity contribution in [2.45, 2.75) is 12.5 Å². The zero-order valence-corrected chi connectivity index (χ0v) is 6.34. The molecule has 1 aromatic heterocycles. The Hall–Kier alpha value is -0.450. The van der Waals surface area contributed by atoms with Gasteiger partial charge in [0.2, 0.25) is 0 Å². The summed E-state index contributed by atoms with van der Waals surface area (Å²) in [5.74, 6) is 0. The molecule has 0 unspecified atom stereocenters. The molecule has 0 aliphatic heterocycles. The minimum absolute atomic E-state index is 0.0926. The fourth-order valence-electron chi connectivity index (χ4n) is 0.680. The lowest BCUT2D eigenvalue weighted by molar-refractivity contribution is 0.276. The van der Waals surface area contributed by atoms with Crippen molar-refractivity contribution in [3.8, 4) is 0 Å². The summed E-state index contributed by atoms with van der Waals surface area (Å²) in [7, 11) is 0. The first-order chi connectivity index (χ1) is 4.84. The van der Waals surface area contributed by atoms with E-state index in [0.717, 1.165) is 5.01 Å². The van der Waals surface area contributed by atoms with E-state index in [1.165, 1.54) is 11.3 Å². The van der Waals surface area contributed by atoms with Crippen LogP contribution in [-0.4, -0.2) is 16.7 Å². The highest BCUT2D eigenvalue weighted by Gasteiger charge is 2.05. The first-order valence-electron chi connectivity index (χ1n) is 3.10. The predicted molar refractivity (Wildman–Crippen MR) is 40.7 cm³/mol. The standard InChI is InChI=1S/C6H10N2OS/c7-5(1-3-9)6-8-2-4-10-6/h2,4-5,9H,1,3,7H2/t5-/m0/s1. The number of aliphatic hydroxyl groups is 1. The van der Waals surface area contributed by atoms with Crippen molar-refractivity contribution in [1.82, 2.24) is 4.98 Å². The largest absolute Gasteiger partial charge is 0.396 e. The summed E-state index contributed by atoms with van der Waals surface area (Å²) in [6.45, 7) is 0.126. The third-order valence-electron chi connectivity index (χ3n) is 1.21. The SMILES string of the molecule is N[C@@H](CCO)c1nccs1. The maximum Gasteiger partial charge on any atom is 0.109 e. The van der Waals surface area contributed by atoms with Gasteiger partial charge < -0.3 is 10.8 Å². The third kappa shape index (κ3) is 1.76. The molecule has 0 spiro atoms. The van der Waals surface area contributed by atoms with Gasteiger partial charge in [-0.15, -0.1) is 11.3 Å². The van der Waals surface area contributed by atoms with Crippen molar-refractivity contribution in [3.05, 3.63) is 16.6 Å². The molecule has 1 heterocycles. The zero-order valence-electron chi connectivity index (χ0n) is 5.53. The molecular weight excluding hydrogens is 148 g/mol. The van der Waals surface area contributed by atoms with Crippen molar-refractivity contribution in [3.63, 3.8) is 0 Å². The monoisotopic (exact) mass is 158 g/mol. The van der Waals surface area contributed by atoms with Crippen molar-refractivity contribution in [2.24, 2.45) is 5.73 Å². The molecule has 3 nitrogen and oxygen atoms in total. The maximum atomic E-state index is 8.53. The second-order valence-corrected chi connectivity index (χ2v) is 2.92. The Balaban J connectivity index is 2.50. The van der Waals surface area contributed by atoms with E-state index in [4.69, 9.17) is 10.8 Å². The molecule has 56 valence electrons. The molecule has 10 heavy (non-hydrogen) atoms. The summed E-state index contributed by atoms with van der Waals surface area (Å²) >= 11 is 1.52. The first-order valence-corrected chi connectivity index (χ1v) is 3.98. The van der Waals surface area contributed by atoms with Gasteiger partial charge >= 0.3 is 0 Å². The lowest BCUT2D eigenvalue weighted by atomic mass is 10.2. The van der Waals surface area contributed by atoms with Gasteiger partial charge in [0.25, 0.3) is 0 Å². The molecule has 3 N–H and O–H groups in total. The van der Waals surface area contributed by atoms with E-state index in [1.807, 2.05) is 5.38 Å². The molecule has 1 aromatic rings. The second kappa shape index (κ2) is 3.65. The molecule has 0 aromatic carbocycles. The van der Waals surface area contributed by atoms with Crippen LogP contribution < -0.4 is 5.73 Å². The van der Waals surface area contributed by atoms with E-state index in [-0.39, 0.29) is 12.6 Å². The Morgan fingerprint density at radius 1 is 1.80 bits per heavy atom. The van der Waals surface area contributed by atoms with Crippen LogP contribution in [0.3, 0.4) is 0 Å². The number of rotatable bonds is 3. The smallest absolute Gasteiger partial charge is 0.109 e. The summed E-state index contributed by atoms with van der Waals surface area (Å²) in [5, 5.41) is 11.3. The van der Waals surface area contributed by atoms with Gasteiger partial charge in [0, 0.05) is 18.2 Å². The van der Waals surface area contributed by atoms with Crippen LogP contribution in [0.25, 0.3) is 0 Å². The van der Waals surface area contributed by atoms with Gasteiger partial charge in [-0.3, -0.25) is 0 Å². The second-order valence-electron chi connectivity index (χ2n) is 1.99. The number of hydrogen-bond acceptors (Lipinski definition) is 4. The molecule has 0 amide bonds. The molecule has 0 saturated carbocycles. The lowest BCUT2D eigenvalue weighted by Crippen LogP contribution is -2.11. The Morgan fingerprint density at radius 3 is 3.10 bits per heavy atom. The molecule has 0 saturated heterocycles. The van der Waals surface area contributed by atoms with E-state index < -0.39 is 0 Å². The van der Waals surface area contributed by atoms with E-state index >= 15 is 0 Å². The van der Waals surface area contributed by atoms with Gasteiger partial charge in [0.05, 0.1) is 6.04 Å². The molecule has 1 rings (SSSR count). The van der Waals surface area contributed by atoms with Gasteiger partial charge in [0.1, 0.15) is 5.01 Å². The normalized spacial score (nSPS) is 13.4. The Kier molecular flexibility index (Phi) is 2.80. The molecule has 1 atom stereocenters. The Bertz CT molecular complexity index is 176. The van der Waals surface area contributed by atoms with Crippen LogP contribution >= 0.6 is 11.3 Å². The fourth-order valence-corrected chi connectivity index (χ4v) is 1.36. The van der Waals surface area contributed by atoms with Gasteiger partial charge in [-0.05, 0) is 6.42 Å². The van der Waals surface area contributed by atoms with Crippen LogP contribution in [0.15, 0.2) is 11.6 Å². The van der Waals surface area contributed by atoms with Crippen molar-refractivity contribution >= 4 is 11.3 Å². The molecule has 0 bridgehead atoms. The molecule has 0 aliphatic carbocycles. The highest BCUT2D eigenvalue weighted by atomic mass is 32.1. The lowest BCUT2D eigenvalue weighted by Gasteiger charge is -2.03.